The van der Waals surface area contributed by atoms with E-state index in [0.29, 0.717) is 0 Å². The van der Waals surface area contributed by atoms with Gasteiger partial charge in [-0.3, -0.25) is 14.4 Å². The second kappa shape index (κ2) is 13.5. The molecule has 0 amide bonds. The van der Waals surface area contributed by atoms with Crippen LogP contribution in [0.4, 0.5) is 0 Å². The van der Waals surface area contributed by atoms with Gasteiger partial charge in [-0.2, -0.15) is 0 Å². The quantitative estimate of drug-likeness (QED) is 0.205. The van der Waals surface area contributed by atoms with E-state index in [9.17, 15) is 14.4 Å². The van der Waals surface area contributed by atoms with Gasteiger partial charge >= 0.3 is 17.9 Å². The van der Waals surface area contributed by atoms with E-state index in [1.54, 1.807) is 0 Å². The normalized spacial score (nSPS) is 22.4. The summed E-state index contributed by atoms with van der Waals surface area (Å²) in [6, 6.07) is 29.2. The van der Waals surface area contributed by atoms with Gasteiger partial charge in [0.05, 0.1) is 6.61 Å². The molecule has 0 N–H and O–H groups in total. The summed E-state index contributed by atoms with van der Waals surface area (Å²) in [4.78, 5) is 36.3. The molecule has 0 radical (unpaired) electrons. The number of rotatable bonds is 10. The fraction of sp³-hybridized carbons (Fsp3) is 0.344. The Balaban J connectivity index is 1.80. The molecule has 1 aliphatic rings. The zero-order chi connectivity index (χ0) is 29.4. The van der Waals surface area contributed by atoms with E-state index in [1.807, 2.05) is 91.0 Å². The number of hydrogen-bond donors (Lipinski definition) is 0. The maximum atomic E-state index is 12.2. The van der Waals surface area contributed by atoms with E-state index in [0.717, 1.165) is 16.7 Å². The van der Waals surface area contributed by atoms with Gasteiger partial charge in [0.1, 0.15) is 11.7 Å². The SMILES string of the molecule is CO[C@@H]1O[C@H](COC(c2ccccc2)(c2ccccc2)c2ccccc2)[C@@H](OC(C)=O)[C@@H](OC(C)=O)[C@@H]1OC(C)=O. The first-order chi connectivity index (χ1) is 19.8. The van der Waals surface area contributed by atoms with Crippen molar-refractivity contribution in [3.05, 3.63) is 108 Å². The summed E-state index contributed by atoms with van der Waals surface area (Å²) >= 11 is 0. The molecule has 216 valence electrons. The predicted molar refractivity (Wildman–Crippen MR) is 147 cm³/mol. The molecule has 1 heterocycles. The molecule has 0 aromatic heterocycles. The van der Waals surface area contributed by atoms with Crippen LogP contribution in [0.3, 0.4) is 0 Å². The van der Waals surface area contributed by atoms with Gasteiger partial charge in [-0.05, 0) is 16.7 Å². The smallest absolute Gasteiger partial charge is 0.303 e. The number of esters is 3. The standard InChI is InChI=1S/C32H34O9/c1-21(33)38-28-27(41-31(36-4)30(40-23(3)35)29(28)39-22(2)34)20-37-32(24-14-8-5-9-15-24,25-16-10-6-11-17-25)26-18-12-7-13-19-26/h5-19,27-31H,20H2,1-4H3/t27-,28-,29-,30+,31-/m1/s1. The van der Waals surface area contributed by atoms with E-state index < -0.39 is 54.2 Å². The van der Waals surface area contributed by atoms with E-state index in [1.165, 1.54) is 27.9 Å². The summed E-state index contributed by atoms with van der Waals surface area (Å²) in [7, 11) is 1.37. The Kier molecular flexibility index (Phi) is 9.88. The molecular weight excluding hydrogens is 528 g/mol. The molecule has 4 rings (SSSR count). The second-order valence-corrected chi connectivity index (χ2v) is 9.59. The van der Waals surface area contributed by atoms with Crippen molar-refractivity contribution < 1.29 is 42.8 Å². The number of benzene rings is 3. The highest BCUT2D eigenvalue weighted by molar-refractivity contribution is 5.68. The first-order valence-corrected chi connectivity index (χ1v) is 13.3. The van der Waals surface area contributed by atoms with Crippen LogP contribution in [0.15, 0.2) is 91.0 Å². The van der Waals surface area contributed by atoms with Gasteiger partial charge in [0.25, 0.3) is 0 Å². The van der Waals surface area contributed by atoms with Crippen LogP contribution < -0.4 is 0 Å². The molecule has 3 aromatic rings. The van der Waals surface area contributed by atoms with Crippen LogP contribution in [0.25, 0.3) is 0 Å². The fourth-order valence-corrected chi connectivity index (χ4v) is 5.15. The second-order valence-electron chi connectivity index (χ2n) is 9.59. The highest BCUT2D eigenvalue weighted by atomic mass is 16.7. The third kappa shape index (κ3) is 6.82. The molecule has 0 saturated carbocycles. The first-order valence-electron chi connectivity index (χ1n) is 13.3. The lowest BCUT2D eigenvalue weighted by molar-refractivity contribution is -0.306. The Morgan fingerprint density at radius 1 is 0.634 bits per heavy atom. The monoisotopic (exact) mass is 562 g/mol. The average Bonchev–Trinajstić information content (AvgIpc) is 2.97. The van der Waals surface area contributed by atoms with Gasteiger partial charge in [0.2, 0.25) is 0 Å². The molecule has 0 aliphatic carbocycles. The van der Waals surface area contributed by atoms with Crippen molar-refractivity contribution in [2.24, 2.45) is 0 Å². The van der Waals surface area contributed by atoms with Crippen LogP contribution in [-0.2, 0) is 48.4 Å². The molecule has 41 heavy (non-hydrogen) atoms. The summed E-state index contributed by atoms with van der Waals surface area (Å²) in [5.74, 6) is -1.95. The third-order valence-electron chi connectivity index (χ3n) is 6.73. The van der Waals surface area contributed by atoms with Crippen molar-refractivity contribution in [2.75, 3.05) is 13.7 Å². The Labute approximate surface area is 239 Å². The van der Waals surface area contributed by atoms with Crippen molar-refractivity contribution >= 4 is 17.9 Å². The molecule has 9 heteroatoms. The average molecular weight is 563 g/mol. The maximum Gasteiger partial charge on any atom is 0.303 e. The van der Waals surface area contributed by atoms with Crippen molar-refractivity contribution in [1.29, 1.82) is 0 Å². The summed E-state index contributed by atoms with van der Waals surface area (Å²) in [6.45, 7) is 3.53. The third-order valence-corrected chi connectivity index (χ3v) is 6.73. The molecule has 1 aliphatic heterocycles. The minimum absolute atomic E-state index is 0.124. The Morgan fingerprint density at radius 2 is 1.02 bits per heavy atom. The minimum atomic E-state index is -1.22. The van der Waals surface area contributed by atoms with Crippen molar-refractivity contribution in [2.45, 2.75) is 57.1 Å². The molecule has 0 spiro atoms. The van der Waals surface area contributed by atoms with Crippen LogP contribution in [-0.4, -0.2) is 62.3 Å². The molecule has 1 fully saturated rings. The zero-order valence-corrected chi connectivity index (χ0v) is 23.4. The van der Waals surface area contributed by atoms with Crippen LogP contribution in [0, 0.1) is 0 Å². The van der Waals surface area contributed by atoms with E-state index in [-0.39, 0.29) is 6.61 Å². The molecule has 3 aromatic carbocycles. The molecule has 9 nitrogen and oxygen atoms in total. The Hall–Kier alpha value is -4.05. The lowest BCUT2D eigenvalue weighted by Gasteiger charge is -2.45. The van der Waals surface area contributed by atoms with Crippen LogP contribution in [0.1, 0.15) is 37.5 Å². The molecule has 0 bridgehead atoms. The summed E-state index contributed by atoms with van der Waals surface area (Å²) in [5.41, 5.74) is 1.47. The largest absolute Gasteiger partial charge is 0.456 e. The van der Waals surface area contributed by atoms with Gasteiger partial charge < -0.3 is 28.4 Å². The number of ether oxygens (including phenoxy) is 6. The topological polar surface area (TPSA) is 107 Å². The number of hydrogen-bond acceptors (Lipinski definition) is 9. The van der Waals surface area contributed by atoms with E-state index in [4.69, 9.17) is 28.4 Å². The Morgan fingerprint density at radius 3 is 1.41 bits per heavy atom. The molecule has 0 unspecified atom stereocenters. The molecular formula is C32H34O9. The summed E-state index contributed by atoms with van der Waals surface area (Å²) < 4.78 is 35.2. The lowest BCUT2D eigenvalue weighted by Crippen LogP contribution is -2.63. The first kappa shape index (κ1) is 29.9. The number of carbonyl (C=O) groups excluding carboxylic acids is 3. The number of methoxy groups -OCH3 is 1. The van der Waals surface area contributed by atoms with E-state index in [2.05, 4.69) is 0 Å². The molecule has 1 saturated heterocycles. The van der Waals surface area contributed by atoms with Crippen molar-refractivity contribution in [1.82, 2.24) is 0 Å². The highest BCUT2D eigenvalue weighted by Crippen LogP contribution is 2.41. The maximum absolute atomic E-state index is 12.2. The summed E-state index contributed by atoms with van der Waals surface area (Å²) in [6.07, 6.45) is -5.69. The summed E-state index contributed by atoms with van der Waals surface area (Å²) in [5, 5.41) is 0. The van der Waals surface area contributed by atoms with Gasteiger partial charge in [0.15, 0.2) is 24.6 Å². The zero-order valence-electron chi connectivity index (χ0n) is 23.4. The fourth-order valence-electron chi connectivity index (χ4n) is 5.15. The highest BCUT2D eigenvalue weighted by Gasteiger charge is 2.53. The van der Waals surface area contributed by atoms with Gasteiger partial charge in [-0.15, -0.1) is 0 Å². The predicted octanol–water partition coefficient (Wildman–Crippen LogP) is 4.16. The van der Waals surface area contributed by atoms with Gasteiger partial charge in [-0.1, -0.05) is 91.0 Å². The van der Waals surface area contributed by atoms with Crippen LogP contribution in [0.5, 0.6) is 0 Å². The molecule has 5 atom stereocenters. The minimum Gasteiger partial charge on any atom is -0.456 e. The van der Waals surface area contributed by atoms with E-state index >= 15 is 0 Å². The van der Waals surface area contributed by atoms with Crippen molar-refractivity contribution in [3.8, 4) is 0 Å². The van der Waals surface area contributed by atoms with Crippen LogP contribution in [0.2, 0.25) is 0 Å². The Bertz CT molecular complexity index is 1200. The van der Waals surface area contributed by atoms with Crippen LogP contribution >= 0.6 is 0 Å². The van der Waals surface area contributed by atoms with Gasteiger partial charge in [0, 0.05) is 27.9 Å². The van der Waals surface area contributed by atoms with Crippen molar-refractivity contribution in [3.63, 3.8) is 0 Å². The number of carbonyl (C=O) groups is 3. The van der Waals surface area contributed by atoms with Gasteiger partial charge in [-0.25, -0.2) is 0 Å². The lowest BCUT2D eigenvalue weighted by atomic mass is 9.80.